The maximum atomic E-state index is 11.8. The molecule has 1 amide bonds. The number of rotatable bonds is 3. The predicted molar refractivity (Wildman–Crippen MR) is 71.8 cm³/mol. The van der Waals surface area contributed by atoms with E-state index in [-0.39, 0.29) is 0 Å². The number of ether oxygens (including phenoxy) is 1. The number of fused-ring (bicyclic) bond motifs is 1. The number of aliphatic hydroxyl groups is 2. The quantitative estimate of drug-likeness (QED) is 0.512. The van der Waals surface area contributed by atoms with Crippen LogP contribution in [-0.2, 0) is 9.53 Å². The highest BCUT2D eigenvalue weighted by Crippen LogP contribution is 2.35. The minimum atomic E-state index is -1.27. The van der Waals surface area contributed by atoms with Gasteiger partial charge in [-0.15, -0.1) is 0 Å². The molecule has 0 bridgehead atoms. The Labute approximate surface area is 115 Å². The maximum absolute atomic E-state index is 11.8. The van der Waals surface area contributed by atoms with Crippen LogP contribution < -0.4 is 10.6 Å². The molecule has 2 rings (SSSR count). The van der Waals surface area contributed by atoms with Crippen LogP contribution >= 0.6 is 11.8 Å². The second kappa shape index (κ2) is 6.08. The molecule has 108 valence electrons. The summed E-state index contributed by atoms with van der Waals surface area (Å²) < 4.78 is 5.57. The SMILES string of the molecule is CCNC(=O)[C@H]1O[C@@H]2SC(NCC)=N[C@@H]2[C@@H](O)[C@@H]1O. The van der Waals surface area contributed by atoms with Gasteiger partial charge in [-0.05, 0) is 13.8 Å². The Morgan fingerprint density at radius 1 is 1.37 bits per heavy atom. The van der Waals surface area contributed by atoms with E-state index in [0.717, 1.165) is 0 Å². The topological polar surface area (TPSA) is 103 Å². The van der Waals surface area contributed by atoms with Crippen LogP contribution in [-0.4, -0.2) is 64.2 Å². The van der Waals surface area contributed by atoms with Crippen molar-refractivity contribution in [1.29, 1.82) is 0 Å². The summed E-state index contributed by atoms with van der Waals surface area (Å²) in [5.41, 5.74) is -0.444. The lowest BCUT2D eigenvalue weighted by Gasteiger charge is -2.37. The monoisotopic (exact) mass is 289 g/mol. The summed E-state index contributed by atoms with van der Waals surface area (Å²) in [7, 11) is 0. The lowest BCUT2D eigenvalue weighted by Crippen LogP contribution is -2.59. The third kappa shape index (κ3) is 2.86. The predicted octanol–water partition coefficient (Wildman–Crippen LogP) is -1.35. The first kappa shape index (κ1) is 14.6. The van der Waals surface area contributed by atoms with Crippen LogP contribution in [0.15, 0.2) is 4.99 Å². The first-order valence-electron chi connectivity index (χ1n) is 6.36. The van der Waals surface area contributed by atoms with E-state index in [1.54, 1.807) is 6.92 Å². The van der Waals surface area contributed by atoms with Gasteiger partial charge in [-0.2, -0.15) is 0 Å². The number of likely N-dealkylation sites (N-methyl/N-ethyl adjacent to an activating group) is 1. The van der Waals surface area contributed by atoms with Crippen molar-refractivity contribution < 1.29 is 19.7 Å². The van der Waals surface area contributed by atoms with Gasteiger partial charge in [0, 0.05) is 13.1 Å². The van der Waals surface area contributed by atoms with Crippen molar-refractivity contribution >= 4 is 22.8 Å². The average molecular weight is 289 g/mol. The summed E-state index contributed by atoms with van der Waals surface area (Å²) in [4.78, 5) is 16.1. The molecule has 0 aliphatic carbocycles. The number of aliphatic hydroxyl groups excluding tert-OH is 2. The van der Waals surface area contributed by atoms with Crippen molar-refractivity contribution in [2.45, 2.75) is 43.6 Å². The fourth-order valence-electron chi connectivity index (χ4n) is 2.09. The van der Waals surface area contributed by atoms with Crippen LogP contribution in [0.3, 0.4) is 0 Å². The van der Waals surface area contributed by atoms with Crippen molar-refractivity contribution in [2.75, 3.05) is 13.1 Å². The van der Waals surface area contributed by atoms with Crippen LogP contribution in [0.5, 0.6) is 0 Å². The highest BCUT2D eigenvalue weighted by atomic mass is 32.2. The molecule has 1 fully saturated rings. The molecular weight excluding hydrogens is 270 g/mol. The van der Waals surface area contributed by atoms with Crippen molar-refractivity contribution in [3.63, 3.8) is 0 Å². The van der Waals surface area contributed by atoms with Crippen LogP contribution in [0.1, 0.15) is 13.8 Å². The molecule has 1 saturated heterocycles. The average Bonchev–Trinajstić information content (AvgIpc) is 2.77. The number of nitrogens with zero attached hydrogens (tertiary/aromatic N) is 1. The van der Waals surface area contributed by atoms with Gasteiger partial charge in [-0.3, -0.25) is 9.79 Å². The number of nitrogens with one attached hydrogen (secondary N) is 2. The molecule has 2 aliphatic heterocycles. The summed E-state index contributed by atoms with van der Waals surface area (Å²) >= 11 is 1.33. The summed E-state index contributed by atoms with van der Waals surface area (Å²) in [5, 5.41) is 26.3. The van der Waals surface area contributed by atoms with Crippen molar-refractivity contribution in [1.82, 2.24) is 10.6 Å². The molecule has 2 heterocycles. The van der Waals surface area contributed by atoms with Crippen LogP contribution in [0.2, 0.25) is 0 Å². The van der Waals surface area contributed by atoms with E-state index in [0.29, 0.717) is 18.3 Å². The minimum absolute atomic E-state index is 0.412. The minimum Gasteiger partial charge on any atom is -0.388 e. The zero-order chi connectivity index (χ0) is 14.0. The molecule has 2 aliphatic rings. The Bertz CT molecular complexity index is 379. The third-order valence-electron chi connectivity index (χ3n) is 3.00. The highest BCUT2D eigenvalue weighted by Gasteiger charge is 2.50. The molecule has 4 N–H and O–H groups in total. The summed E-state index contributed by atoms with van der Waals surface area (Å²) in [6.07, 6.45) is -3.42. The van der Waals surface area contributed by atoms with Gasteiger partial charge >= 0.3 is 0 Å². The van der Waals surface area contributed by atoms with E-state index in [1.807, 2.05) is 6.92 Å². The summed E-state index contributed by atoms with van der Waals surface area (Å²) in [5.74, 6) is -0.412. The molecule has 7 nitrogen and oxygen atoms in total. The second-order valence-corrected chi connectivity index (χ2v) is 5.46. The molecule has 0 radical (unpaired) electrons. The molecule has 0 unspecified atom stereocenters. The fourth-order valence-corrected chi connectivity index (χ4v) is 3.26. The van der Waals surface area contributed by atoms with E-state index in [9.17, 15) is 15.0 Å². The van der Waals surface area contributed by atoms with Gasteiger partial charge in [-0.1, -0.05) is 11.8 Å². The number of hydrogen-bond acceptors (Lipinski definition) is 7. The molecule has 0 aromatic rings. The third-order valence-corrected chi connectivity index (χ3v) is 4.10. The van der Waals surface area contributed by atoms with E-state index in [2.05, 4.69) is 15.6 Å². The standard InChI is InChI=1S/C11H19N3O4S/c1-3-12-9(17)8-7(16)6(15)5-10(18-8)19-11(14-5)13-4-2/h5-8,10,15-16H,3-4H2,1-2H3,(H,12,17)(H,13,14)/t5-,6-,7+,8+,10-/m1/s1. The van der Waals surface area contributed by atoms with Gasteiger partial charge in [0.05, 0.1) is 0 Å². The van der Waals surface area contributed by atoms with Gasteiger partial charge in [0.1, 0.15) is 23.7 Å². The lowest BCUT2D eigenvalue weighted by molar-refractivity contribution is -0.171. The zero-order valence-electron chi connectivity index (χ0n) is 10.9. The van der Waals surface area contributed by atoms with E-state index < -0.39 is 35.7 Å². The number of aliphatic imine (C=N–C) groups is 1. The number of amides is 1. The Morgan fingerprint density at radius 3 is 2.74 bits per heavy atom. The van der Waals surface area contributed by atoms with Crippen LogP contribution in [0, 0.1) is 0 Å². The number of thioether (sulfide) groups is 1. The second-order valence-electron chi connectivity index (χ2n) is 4.37. The fraction of sp³-hybridized carbons (Fsp3) is 0.818. The smallest absolute Gasteiger partial charge is 0.252 e. The van der Waals surface area contributed by atoms with Gasteiger partial charge in [0.2, 0.25) is 0 Å². The molecule has 0 aromatic carbocycles. The first-order chi connectivity index (χ1) is 9.08. The summed E-state index contributed by atoms with van der Waals surface area (Å²) in [6, 6.07) is -0.542. The number of amidine groups is 1. The van der Waals surface area contributed by atoms with Gasteiger partial charge in [0.15, 0.2) is 11.3 Å². The first-order valence-corrected chi connectivity index (χ1v) is 7.24. The van der Waals surface area contributed by atoms with Crippen LogP contribution in [0.4, 0.5) is 0 Å². The van der Waals surface area contributed by atoms with Gasteiger partial charge < -0.3 is 25.6 Å². The molecule has 0 aromatic heterocycles. The number of carbonyl (C=O) groups excluding carboxylic acids is 1. The van der Waals surface area contributed by atoms with Gasteiger partial charge in [-0.25, -0.2) is 0 Å². The Kier molecular flexibility index (Phi) is 4.67. The molecule has 8 heteroatoms. The van der Waals surface area contributed by atoms with Crippen molar-refractivity contribution in [2.24, 2.45) is 4.99 Å². The van der Waals surface area contributed by atoms with E-state index >= 15 is 0 Å². The molecular formula is C11H19N3O4S. The summed E-state index contributed by atoms with van der Waals surface area (Å²) in [6.45, 7) is 4.88. The van der Waals surface area contributed by atoms with E-state index in [4.69, 9.17) is 4.74 Å². The zero-order valence-corrected chi connectivity index (χ0v) is 11.7. The van der Waals surface area contributed by atoms with Crippen molar-refractivity contribution in [3.8, 4) is 0 Å². The highest BCUT2D eigenvalue weighted by molar-refractivity contribution is 8.14. The molecule has 0 spiro atoms. The van der Waals surface area contributed by atoms with E-state index in [1.165, 1.54) is 11.8 Å². The largest absolute Gasteiger partial charge is 0.388 e. The molecule has 5 atom stereocenters. The Morgan fingerprint density at radius 2 is 2.11 bits per heavy atom. The molecule has 19 heavy (non-hydrogen) atoms. The number of hydrogen-bond donors (Lipinski definition) is 4. The van der Waals surface area contributed by atoms with Crippen LogP contribution in [0.25, 0.3) is 0 Å². The normalized spacial score (nSPS) is 37.5. The Hall–Kier alpha value is -0.830. The van der Waals surface area contributed by atoms with Crippen molar-refractivity contribution in [3.05, 3.63) is 0 Å². The Balaban J connectivity index is 2.07. The van der Waals surface area contributed by atoms with Gasteiger partial charge in [0.25, 0.3) is 5.91 Å². The number of carbonyl (C=O) groups is 1. The lowest BCUT2D eigenvalue weighted by atomic mass is 9.98. The maximum Gasteiger partial charge on any atom is 0.252 e. The molecule has 0 saturated carbocycles.